The van der Waals surface area contributed by atoms with Gasteiger partial charge >= 0.3 is 5.91 Å². The van der Waals surface area contributed by atoms with Gasteiger partial charge in [0.25, 0.3) is 0 Å². The van der Waals surface area contributed by atoms with Gasteiger partial charge in [-0.3, -0.25) is 9.78 Å². The molecule has 0 unspecified atom stereocenters. The van der Waals surface area contributed by atoms with E-state index in [1.54, 1.807) is 67.4 Å². The van der Waals surface area contributed by atoms with Crippen molar-refractivity contribution in [3.63, 3.8) is 0 Å². The predicted molar refractivity (Wildman–Crippen MR) is 113 cm³/mol. The molecule has 0 saturated carbocycles. The number of nitrogen functional groups attached to an aromatic ring is 1. The molecule has 152 valence electrons. The number of nitrogens with two attached hydrogens (primary N) is 1. The van der Waals surface area contributed by atoms with Crippen LogP contribution < -0.4 is 11.2 Å². The van der Waals surface area contributed by atoms with E-state index in [1.807, 2.05) is 0 Å². The molecule has 0 aliphatic heterocycles. The van der Waals surface area contributed by atoms with Crippen LogP contribution in [0.15, 0.2) is 85.7 Å². The van der Waals surface area contributed by atoms with Gasteiger partial charge in [0, 0.05) is 23.5 Å². The molecule has 9 nitrogen and oxygen atoms in total. The van der Waals surface area contributed by atoms with Gasteiger partial charge in [-0.1, -0.05) is 6.07 Å². The number of hydrogen-bond donors (Lipinski definition) is 2. The summed E-state index contributed by atoms with van der Waals surface area (Å²) in [6.07, 6.45) is 7.81. The van der Waals surface area contributed by atoms with Gasteiger partial charge in [0.1, 0.15) is 11.5 Å². The summed E-state index contributed by atoms with van der Waals surface area (Å²) in [4.78, 5) is 21.1. The maximum Gasteiger partial charge on any atom is 0.309 e. The van der Waals surface area contributed by atoms with Gasteiger partial charge in [-0.25, -0.2) is 10.4 Å². The summed E-state index contributed by atoms with van der Waals surface area (Å²) in [5, 5.41) is 4.39. The molecule has 0 radical (unpaired) electrons. The summed E-state index contributed by atoms with van der Waals surface area (Å²) < 4.78 is 16.7. The summed E-state index contributed by atoms with van der Waals surface area (Å²) in [5.74, 6) is 0.377. The Balaban J connectivity index is 1.56. The molecule has 0 bridgehead atoms. The number of anilines is 1. The molecule has 0 spiro atoms. The lowest BCUT2D eigenvalue weighted by Crippen LogP contribution is -2.18. The Kier molecular flexibility index (Phi) is 4.53. The van der Waals surface area contributed by atoms with Crippen molar-refractivity contribution in [3.8, 4) is 22.8 Å². The van der Waals surface area contributed by atoms with Crippen molar-refractivity contribution in [2.45, 2.75) is 0 Å². The highest BCUT2D eigenvalue weighted by molar-refractivity contribution is 6.09. The normalized spacial score (nSPS) is 11.4. The van der Waals surface area contributed by atoms with E-state index in [0.717, 1.165) is 5.56 Å². The van der Waals surface area contributed by atoms with Crippen LogP contribution >= 0.6 is 0 Å². The van der Waals surface area contributed by atoms with Gasteiger partial charge in [-0.15, -0.1) is 0 Å². The van der Waals surface area contributed by atoms with Crippen molar-refractivity contribution in [3.05, 3.63) is 78.7 Å². The zero-order valence-corrected chi connectivity index (χ0v) is 16.0. The van der Waals surface area contributed by atoms with Gasteiger partial charge in [-0.2, -0.15) is 5.10 Å². The van der Waals surface area contributed by atoms with E-state index in [4.69, 9.17) is 19.0 Å². The number of carbonyl (C=O) groups is 1. The molecule has 0 fully saturated rings. The number of furan rings is 3. The lowest BCUT2D eigenvalue weighted by atomic mass is 10.1. The maximum absolute atomic E-state index is 12.7. The van der Waals surface area contributed by atoms with Gasteiger partial charge < -0.3 is 19.0 Å². The third kappa shape index (κ3) is 3.44. The van der Waals surface area contributed by atoms with E-state index in [0.29, 0.717) is 28.2 Å². The number of hydrazone groups is 1. The van der Waals surface area contributed by atoms with Crippen LogP contribution in [0, 0.1) is 0 Å². The highest BCUT2D eigenvalue weighted by atomic mass is 16.4. The second kappa shape index (κ2) is 7.64. The van der Waals surface area contributed by atoms with E-state index >= 15 is 0 Å². The van der Waals surface area contributed by atoms with Crippen molar-refractivity contribution in [2.75, 3.05) is 5.73 Å². The molecule has 5 aromatic heterocycles. The van der Waals surface area contributed by atoms with Gasteiger partial charge in [0.15, 0.2) is 5.76 Å². The van der Waals surface area contributed by atoms with Crippen molar-refractivity contribution in [2.24, 2.45) is 5.10 Å². The predicted octanol–water partition coefficient (Wildman–Crippen LogP) is 4.09. The highest BCUT2D eigenvalue weighted by Crippen LogP contribution is 2.38. The van der Waals surface area contributed by atoms with Crippen LogP contribution in [0.3, 0.4) is 0 Å². The lowest BCUT2D eigenvalue weighted by Gasteiger charge is -2.03. The topological polar surface area (TPSA) is 133 Å². The highest BCUT2D eigenvalue weighted by Gasteiger charge is 2.24. The quantitative estimate of drug-likeness (QED) is 0.327. The average Bonchev–Trinajstić information content (AvgIpc) is 3.56. The fourth-order valence-corrected chi connectivity index (χ4v) is 3.13. The van der Waals surface area contributed by atoms with Crippen LogP contribution in [-0.2, 0) is 0 Å². The molecule has 0 aromatic carbocycles. The number of fused-ring (bicyclic) bond motifs is 1. The Hall–Kier alpha value is -4.66. The second-order valence-electron chi connectivity index (χ2n) is 6.52. The van der Waals surface area contributed by atoms with Crippen molar-refractivity contribution < 1.29 is 18.0 Å². The number of nitrogens with zero attached hydrogens (tertiary/aromatic N) is 3. The number of amides is 1. The van der Waals surface area contributed by atoms with Crippen LogP contribution in [-0.4, -0.2) is 22.1 Å². The van der Waals surface area contributed by atoms with E-state index < -0.39 is 5.91 Å². The number of hydrogen-bond acceptors (Lipinski definition) is 8. The molecular formula is C22H15N5O4. The standard InChI is InChI=1S/C22H15N5O4/c23-19-18-14(16-5-2-8-29-16)10-15(17-6-3-9-30-17)26-22(18)31-20(19)21(28)27-25-12-13-4-1-7-24-11-13/h1-12H,23H2,(H,27,28)/b25-12+. The first kappa shape index (κ1) is 18.4. The van der Waals surface area contributed by atoms with Crippen molar-refractivity contribution >= 4 is 28.9 Å². The van der Waals surface area contributed by atoms with Crippen LogP contribution in [0.25, 0.3) is 33.9 Å². The van der Waals surface area contributed by atoms with Crippen LogP contribution in [0.5, 0.6) is 0 Å². The van der Waals surface area contributed by atoms with E-state index in [1.165, 1.54) is 6.21 Å². The minimum Gasteiger partial charge on any atom is -0.464 e. The van der Waals surface area contributed by atoms with E-state index in [2.05, 4.69) is 20.5 Å². The Morgan fingerprint density at radius 3 is 2.61 bits per heavy atom. The first-order chi connectivity index (χ1) is 15.2. The minimum atomic E-state index is -0.611. The smallest absolute Gasteiger partial charge is 0.309 e. The number of carbonyl (C=O) groups excluding carboxylic acids is 1. The summed E-state index contributed by atoms with van der Waals surface area (Å²) in [5.41, 5.74) is 10.9. The lowest BCUT2D eigenvalue weighted by molar-refractivity contribution is 0.0930. The Morgan fingerprint density at radius 1 is 1.10 bits per heavy atom. The fourth-order valence-electron chi connectivity index (χ4n) is 3.13. The fraction of sp³-hybridized carbons (Fsp3) is 0. The molecule has 5 rings (SSSR count). The molecule has 0 atom stereocenters. The molecular weight excluding hydrogens is 398 g/mol. The monoisotopic (exact) mass is 413 g/mol. The van der Waals surface area contributed by atoms with Crippen molar-refractivity contribution in [1.82, 2.24) is 15.4 Å². The number of rotatable bonds is 5. The molecule has 5 heterocycles. The first-order valence-electron chi connectivity index (χ1n) is 9.25. The summed E-state index contributed by atoms with van der Waals surface area (Å²) >= 11 is 0. The second-order valence-corrected chi connectivity index (χ2v) is 6.52. The molecule has 3 N–H and O–H groups in total. The molecule has 1 amide bonds. The third-order valence-corrected chi connectivity index (χ3v) is 4.53. The summed E-state index contributed by atoms with van der Waals surface area (Å²) in [6, 6.07) is 12.4. The first-order valence-corrected chi connectivity index (χ1v) is 9.25. The average molecular weight is 413 g/mol. The van der Waals surface area contributed by atoms with Gasteiger partial charge in [0.05, 0.1) is 29.8 Å². The summed E-state index contributed by atoms with van der Waals surface area (Å²) in [7, 11) is 0. The van der Waals surface area contributed by atoms with Crippen LogP contribution in [0.4, 0.5) is 5.69 Å². The Labute approximate surface area is 175 Å². The molecule has 31 heavy (non-hydrogen) atoms. The molecule has 5 aromatic rings. The van der Waals surface area contributed by atoms with Crippen molar-refractivity contribution in [1.29, 1.82) is 0 Å². The molecule has 9 heteroatoms. The maximum atomic E-state index is 12.7. The Bertz CT molecular complexity index is 1370. The van der Waals surface area contributed by atoms with Gasteiger partial charge in [0.2, 0.25) is 11.5 Å². The molecule has 0 saturated heterocycles. The van der Waals surface area contributed by atoms with E-state index in [9.17, 15) is 4.79 Å². The zero-order valence-electron chi connectivity index (χ0n) is 16.0. The van der Waals surface area contributed by atoms with E-state index in [-0.39, 0.29) is 17.2 Å². The van der Waals surface area contributed by atoms with Crippen LogP contribution in [0.2, 0.25) is 0 Å². The third-order valence-electron chi connectivity index (χ3n) is 4.53. The van der Waals surface area contributed by atoms with Crippen LogP contribution in [0.1, 0.15) is 16.1 Å². The zero-order chi connectivity index (χ0) is 21.2. The molecule has 0 aliphatic rings. The summed E-state index contributed by atoms with van der Waals surface area (Å²) in [6.45, 7) is 0. The number of pyridine rings is 2. The SMILES string of the molecule is Nc1c(C(=O)N/N=C/c2cccnc2)oc2nc(-c3ccco3)cc(-c3ccco3)c12. The van der Waals surface area contributed by atoms with Gasteiger partial charge in [-0.05, 0) is 36.4 Å². The number of nitrogens with one attached hydrogen (secondary N) is 1. The number of aromatic nitrogens is 2. The minimum absolute atomic E-state index is 0.102. The molecule has 0 aliphatic carbocycles. The Morgan fingerprint density at radius 2 is 1.90 bits per heavy atom. The largest absolute Gasteiger partial charge is 0.464 e.